The van der Waals surface area contributed by atoms with Gasteiger partial charge in [0.2, 0.25) is 0 Å². The Morgan fingerprint density at radius 3 is 1.93 bits per heavy atom. The van der Waals surface area contributed by atoms with Crippen LogP contribution in [-0.2, 0) is 5.41 Å². The Hall–Kier alpha value is -2.13. The van der Waals surface area contributed by atoms with Crippen molar-refractivity contribution in [1.29, 1.82) is 0 Å². The van der Waals surface area contributed by atoms with Crippen molar-refractivity contribution in [2.75, 3.05) is 34.2 Å². The molecular weight excluding hydrogens is 356 g/mol. The highest BCUT2D eigenvalue weighted by atomic mass is 16.2. The zero-order chi connectivity index (χ0) is 22.0. The van der Waals surface area contributed by atoms with Crippen LogP contribution in [0.25, 0.3) is 0 Å². The van der Waals surface area contributed by atoms with Gasteiger partial charge in [0.25, 0.3) is 5.91 Å². The fourth-order valence-corrected chi connectivity index (χ4v) is 3.88. The van der Waals surface area contributed by atoms with Gasteiger partial charge in [0.05, 0.1) is 0 Å². The number of carbonyl (C=O) groups is 1. The third-order valence-electron chi connectivity index (χ3n) is 5.50. The lowest BCUT2D eigenvalue weighted by Crippen LogP contribution is -2.41. The van der Waals surface area contributed by atoms with E-state index in [1.807, 2.05) is 39.8 Å². The normalized spacial score (nSPS) is 15.3. The molecule has 0 atom stereocenters. The van der Waals surface area contributed by atoms with Crippen LogP contribution in [0.4, 0.5) is 0 Å². The molecule has 29 heavy (non-hydrogen) atoms. The predicted octanol–water partition coefficient (Wildman–Crippen LogP) is 5.76. The maximum absolute atomic E-state index is 12.2. The van der Waals surface area contributed by atoms with Crippen molar-refractivity contribution in [2.24, 2.45) is 0 Å². The number of likely N-dealkylation sites (tertiary alicyclic amines) is 1. The lowest BCUT2D eigenvalue weighted by atomic mass is 9.68. The number of rotatable bonds is 3. The van der Waals surface area contributed by atoms with Crippen molar-refractivity contribution in [2.45, 2.75) is 52.9 Å². The Morgan fingerprint density at radius 1 is 0.897 bits per heavy atom. The average Bonchev–Trinajstić information content (AvgIpc) is 2.77. The number of carbonyl (C=O) groups excluding carboxylic acids is 1. The molecule has 0 radical (unpaired) electrons. The third-order valence-corrected chi connectivity index (χ3v) is 5.50. The number of piperidine rings is 1. The minimum absolute atomic E-state index is 0.0399. The fourth-order valence-electron chi connectivity index (χ4n) is 3.88. The monoisotopic (exact) mass is 396 g/mol. The highest BCUT2D eigenvalue weighted by Crippen LogP contribution is 2.41. The SMILES string of the molecule is CC.CC.Cc1cccc(C2(c3ccc(C(=O)N(C)C)cc3)CCN(C)CC2)c1. The second-order valence-corrected chi connectivity index (χ2v) is 7.53. The first-order valence-corrected chi connectivity index (χ1v) is 11.0. The molecule has 0 bridgehead atoms. The molecule has 0 unspecified atom stereocenters. The van der Waals surface area contributed by atoms with E-state index in [1.165, 1.54) is 16.7 Å². The maximum atomic E-state index is 12.2. The first-order valence-electron chi connectivity index (χ1n) is 11.0. The molecule has 0 N–H and O–H groups in total. The lowest BCUT2D eigenvalue weighted by molar-refractivity contribution is 0.0827. The van der Waals surface area contributed by atoms with Gasteiger partial charge >= 0.3 is 0 Å². The second-order valence-electron chi connectivity index (χ2n) is 7.53. The third kappa shape index (κ3) is 5.93. The Labute approximate surface area is 178 Å². The molecule has 0 spiro atoms. The van der Waals surface area contributed by atoms with Gasteiger partial charge < -0.3 is 9.80 Å². The Bertz CT molecular complexity index is 742. The van der Waals surface area contributed by atoms with E-state index in [9.17, 15) is 4.79 Å². The van der Waals surface area contributed by atoms with E-state index in [2.05, 4.69) is 55.3 Å². The summed E-state index contributed by atoms with van der Waals surface area (Å²) in [7, 11) is 5.78. The van der Waals surface area contributed by atoms with Crippen molar-refractivity contribution in [3.05, 3.63) is 70.8 Å². The highest BCUT2D eigenvalue weighted by Gasteiger charge is 2.37. The minimum atomic E-state index is 0.0399. The molecule has 0 aromatic heterocycles. The van der Waals surface area contributed by atoms with Gasteiger partial charge in [-0.25, -0.2) is 0 Å². The maximum Gasteiger partial charge on any atom is 0.253 e. The molecule has 1 amide bonds. The van der Waals surface area contributed by atoms with Crippen LogP contribution in [0.5, 0.6) is 0 Å². The van der Waals surface area contributed by atoms with Gasteiger partial charge in [0.15, 0.2) is 0 Å². The zero-order valence-corrected chi connectivity index (χ0v) is 19.7. The molecule has 2 aromatic rings. The molecule has 3 nitrogen and oxygen atoms in total. The molecule has 1 fully saturated rings. The Kier molecular flexibility index (Phi) is 10.1. The van der Waals surface area contributed by atoms with Gasteiger partial charge in [-0.15, -0.1) is 0 Å². The van der Waals surface area contributed by atoms with Crippen molar-refractivity contribution in [3.63, 3.8) is 0 Å². The minimum Gasteiger partial charge on any atom is -0.345 e. The van der Waals surface area contributed by atoms with E-state index in [1.54, 1.807) is 19.0 Å². The highest BCUT2D eigenvalue weighted by molar-refractivity contribution is 5.93. The number of hydrogen-bond donors (Lipinski definition) is 0. The number of hydrogen-bond acceptors (Lipinski definition) is 2. The van der Waals surface area contributed by atoms with E-state index in [0.717, 1.165) is 31.5 Å². The van der Waals surface area contributed by atoms with Crippen LogP contribution in [0, 0.1) is 6.92 Å². The van der Waals surface area contributed by atoms with E-state index >= 15 is 0 Å². The molecule has 2 aromatic carbocycles. The largest absolute Gasteiger partial charge is 0.345 e. The lowest BCUT2D eigenvalue weighted by Gasteiger charge is -2.42. The number of amides is 1. The molecule has 160 valence electrons. The van der Waals surface area contributed by atoms with Gasteiger partial charge in [-0.3, -0.25) is 4.79 Å². The number of nitrogens with zero attached hydrogens (tertiary/aromatic N) is 2. The van der Waals surface area contributed by atoms with Crippen LogP contribution in [0.15, 0.2) is 48.5 Å². The summed E-state index contributed by atoms with van der Waals surface area (Å²) in [4.78, 5) is 16.2. The molecular formula is C26H40N2O. The fraction of sp³-hybridized carbons (Fsp3) is 0.500. The van der Waals surface area contributed by atoms with E-state index < -0.39 is 0 Å². The van der Waals surface area contributed by atoms with Crippen molar-refractivity contribution < 1.29 is 4.79 Å². The van der Waals surface area contributed by atoms with Crippen LogP contribution in [0.2, 0.25) is 0 Å². The molecule has 1 heterocycles. The topological polar surface area (TPSA) is 23.6 Å². The van der Waals surface area contributed by atoms with Gasteiger partial charge in [0.1, 0.15) is 0 Å². The first-order chi connectivity index (χ1) is 13.9. The smallest absolute Gasteiger partial charge is 0.253 e. The van der Waals surface area contributed by atoms with Crippen LogP contribution in [0.1, 0.15) is 67.6 Å². The average molecular weight is 397 g/mol. The quantitative estimate of drug-likeness (QED) is 0.658. The van der Waals surface area contributed by atoms with Crippen molar-refractivity contribution >= 4 is 5.91 Å². The zero-order valence-electron chi connectivity index (χ0n) is 19.7. The molecule has 3 rings (SSSR count). The van der Waals surface area contributed by atoms with Crippen LogP contribution >= 0.6 is 0 Å². The summed E-state index contributed by atoms with van der Waals surface area (Å²) >= 11 is 0. The molecule has 3 heteroatoms. The number of benzene rings is 2. The summed E-state index contributed by atoms with van der Waals surface area (Å²) in [5.74, 6) is 0.0551. The molecule has 0 saturated carbocycles. The summed E-state index contributed by atoms with van der Waals surface area (Å²) in [6.07, 6.45) is 2.21. The molecule has 1 saturated heterocycles. The van der Waals surface area contributed by atoms with Gasteiger partial charge in [-0.2, -0.15) is 0 Å². The van der Waals surface area contributed by atoms with Gasteiger partial charge in [-0.1, -0.05) is 69.7 Å². The first kappa shape index (κ1) is 24.9. The van der Waals surface area contributed by atoms with Crippen LogP contribution in [-0.4, -0.2) is 49.9 Å². The standard InChI is InChI=1S/C22H28N2O.2C2H6/c1-17-6-5-7-20(16-17)22(12-14-24(4)15-13-22)19-10-8-18(9-11-19)21(25)23(2)3;2*1-2/h5-11,16H,12-15H2,1-4H3;2*1-2H3. The molecule has 0 aliphatic carbocycles. The van der Waals surface area contributed by atoms with Crippen molar-refractivity contribution in [1.82, 2.24) is 9.80 Å². The van der Waals surface area contributed by atoms with Gasteiger partial charge in [0, 0.05) is 25.1 Å². The predicted molar refractivity (Wildman–Crippen MR) is 126 cm³/mol. The van der Waals surface area contributed by atoms with E-state index in [4.69, 9.17) is 0 Å². The Morgan fingerprint density at radius 2 is 1.45 bits per heavy atom. The summed E-state index contributed by atoms with van der Waals surface area (Å²) in [5.41, 5.74) is 4.81. The second kappa shape index (κ2) is 11.8. The Balaban J connectivity index is 0.000000989. The summed E-state index contributed by atoms with van der Waals surface area (Å²) in [6.45, 7) is 12.3. The van der Waals surface area contributed by atoms with E-state index in [0.29, 0.717) is 0 Å². The molecule has 1 aliphatic heterocycles. The summed E-state index contributed by atoms with van der Waals surface area (Å²) in [5, 5.41) is 0. The summed E-state index contributed by atoms with van der Waals surface area (Å²) < 4.78 is 0. The van der Waals surface area contributed by atoms with Crippen LogP contribution < -0.4 is 0 Å². The van der Waals surface area contributed by atoms with Gasteiger partial charge in [-0.05, 0) is 63.2 Å². The number of aryl methyl sites for hydroxylation is 1. The summed E-state index contributed by atoms with van der Waals surface area (Å²) in [6, 6.07) is 17.2. The molecule has 1 aliphatic rings. The van der Waals surface area contributed by atoms with Crippen LogP contribution in [0.3, 0.4) is 0 Å². The van der Waals surface area contributed by atoms with Crippen molar-refractivity contribution in [3.8, 4) is 0 Å². The van der Waals surface area contributed by atoms with E-state index in [-0.39, 0.29) is 11.3 Å².